The summed E-state index contributed by atoms with van der Waals surface area (Å²) in [5.41, 5.74) is 1.80. The number of aromatic nitrogens is 2. The Bertz CT molecular complexity index is 2140. The molecule has 0 bridgehead atoms. The Kier molecular flexibility index (Phi) is 6.62. The van der Waals surface area contributed by atoms with Gasteiger partial charge in [-0.05, 0) is 79.5 Å². The summed E-state index contributed by atoms with van der Waals surface area (Å²) in [7, 11) is 3.21. The normalized spacial score (nSPS) is 28.6. The molecule has 2 aliphatic carbocycles. The number of phenols is 1. The summed E-state index contributed by atoms with van der Waals surface area (Å²) in [5, 5.41) is 16.9. The van der Waals surface area contributed by atoms with Crippen LogP contribution in [0.2, 0.25) is 10.0 Å². The van der Waals surface area contributed by atoms with Crippen LogP contribution in [0.25, 0.3) is 20.7 Å². The van der Waals surface area contributed by atoms with Crippen molar-refractivity contribution in [2.45, 2.75) is 32.6 Å². The summed E-state index contributed by atoms with van der Waals surface area (Å²) in [6.45, 7) is 3.81. The number of carbonyl (C=O) groups excluding carboxylic acids is 4. The zero-order valence-electron chi connectivity index (χ0n) is 26.0. The molecule has 3 fully saturated rings. The van der Waals surface area contributed by atoms with Gasteiger partial charge in [-0.25, -0.2) is 4.90 Å². The van der Waals surface area contributed by atoms with Gasteiger partial charge in [-0.3, -0.25) is 28.8 Å². The van der Waals surface area contributed by atoms with Crippen molar-refractivity contribution in [3.8, 4) is 16.3 Å². The van der Waals surface area contributed by atoms with Gasteiger partial charge >= 0.3 is 0 Å². The SMILES string of the molecule is Cc1c(-c2cc(N3C(=O)[C@@H]4C[C@@H]5C(=CC[C@@H]6C(=O)N(C)C(=O)[C@@H]65)[C@H](c5ccc(O)cc5Cl)[C@]4(C)C3=O)n(C)n2)sc2ccc(Cl)cc12. The largest absolute Gasteiger partial charge is 0.508 e. The average molecular weight is 690 g/mol. The van der Waals surface area contributed by atoms with Crippen molar-refractivity contribution in [2.24, 2.45) is 36.1 Å². The number of phenolic OH excluding ortho intramolecular Hbond substituents is 1. The number of aryl methyl sites for hydroxylation is 2. The number of benzene rings is 2. The molecule has 4 heterocycles. The third kappa shape index (κ3) is 4.04. The molecule has 6 atom stereocenters. The van der Waals surface area contributed by atoms with Gasteiger partial charge in [-0.1, -0.05) is 40.9 Å². The number of aromatic hydroxyl groups is 1. The van der Waals surface area contributed by atoms with Crippen LogP contribution in [0.4, 0.5) is 5.82 Å². The van der Waals surface area contributed by atoms with E-state index in [1.807, 2.05) is 31.2 Å². The fourth-order valence-corrected chi connectivity index (χ4v) is 10.3. The highest BCUT2D eigenvalue weighted by atomic mass is 35.5. The number of likely N-dealkylation sites (tertiary alicyclic amines) is 1. The number of nitrogens with zero attached hydrogens (tertiary/aromatic N) is 4. The van der Waals surface area contributed by atoms with Crippen molar-refractivity contribution >= 4 is 74.1 Å². The number of carbonyl (C=O) groups is 4. The zero-order valence-corrected chi connectivity index (χ0v) is 28.3. The maximum absolute atomic E-state index is 14.9. The summed E-state index contributed by atoms with van der Waals surface area (Å²) in [4.78, 5) is 59.3. The molecular formula is C35H30Cl2N4O5S. The van der Waals surface area contributed by atoms with Gasteiger partial charge in [-0.15, -0.1) is 11.3 Å². The Morgan fingerprint density at radius 1 is 0.979 bits per heavy atom. The Labute approximate surface area is 284 Å². The van der Waals surface area contributed by atoms with E-state index in [4.69, 9.17) is 28.3 Å². The Hall–Kier alpha value is -3.99. The van der Waals surface area contributed by atoms with Crippen LogP contribution in [-0.2, 0) is 26.2 Å². The van der Waals surface area contributed by atoms with Crippen molar-refractivity contribution in [3.63, 3.8) is 0 Å². The Morgan fingerprint density at radius 3 is 2.49 bits per heavy atom. The predicted octanol–water partition coefficient (Wildman–Crippen LogP) is 6.48. The van der Waals surface area contributed by atoms with Gasteiger partial charge in [-0.2, -0.15) is 5.10 Å². The highest BCUT2D eigenvalue weighted by Gasteiger charge is 2.68. The molecule has 4 amide bonds. The fraction of sp³-hybridized carbons (Fsp3) is 0.343. The topological polar surface area (TPSA) is 113 Å². The van der Waals surface area contributed by atoms with Crippen molar-refractivity contribution in [2.75, 3.05) is 11.9 Å². The van der Waals surface area contributed by atoms with E-state index >= 15 is 0 Å². The lowest BCUT2D eigenvalue weighted by molar-refractivity contribution is -0.138. The van der Waals surface area contributed by atoms with Crippen LogP contribution < -0.4 is 4.90 Å². The molecule has 1 saturated carbocycles. The number of thiophene rings is 1. The quantitative estimate of drug-likeness (QED) is 0.195. The minimum absolute atomic E-state index is 0.0274. The van der Waals surface area contributed by atoms with E-state index in [0.29, 0.717) is 28.5 Å². The van der Waals surface area contributed by atoms with Crippen molar-refractivity contribution in [1.82, 2.24) is 14.7 Å². The molecule has 12 heteroatoms. The van der Waals surface area contributed by atoms with E-state index in [2.05, 4.69) is 0 Å². The van der Waals surface area contributed by atoms with Crippen LogP contribution in [0, 0.1) is 36.0 Å². The molecule has 2 aromatic heterocycles. The monoisotopic (exact) mass is 688 g/mol. The van der Waals surface area contributed by atoms with Crippen molar-refractivity contribution in [3.05, 3.63) is 75.3 Å². The second-order valence-corrected chi connectivity index (χ2v) is 15.2. The number of imide groups is 2. The van der Waals surface area contributed by atoms with Gasteiger partial charge < -0.3 is 5.11 Å². The van der Waals surface area contributed by atoms with Crippen molar-refractivity contribution in [1.29, 1.82) is 0 Å². The van der Waals surface area contributed by atoms with Gasteiger partial charge in [0.05, 0.1) is 28.0 Å². The molecule has 2 aliphatic heterocycles. The summed E-state index contributed by atoms with van der Waals surface area (Å²) in [6, 6.07) is 12.1. The van der Waals surface area contributed by atoms with Crippen molar-refractivity contribution < 1.29 is 24.3 Å². The summed E-state index contributed by atoms with van der Waals surface area (Å²) in [6.07, 6.45) is 2.57. The summed E-state index contributed by atoms with van der Waals surface area (Å²) in [5.74, 6) is -3.97. The van der Waals surface area contributed by atoms with Crippen LogP contribution >= 0.6 is 34.5 Å². The van der Waals surface area contributed by atoms with E-state index in [1.54, 1.807) is 42.1 Å². The molecular weight excluding hydrogens is 659 g/mol. The van der Waals surface area contributed by atoms with Crippen LogP contribution in [0.15, 0.2) is 54.1 Å². The van der Waals surface area contributed by atoms with Gasteiger partial charge in [0.25, 0.3) is 0 Å². The second-order valence-electron chi connectivity index (χ2n) is 13.3. The number of hydrogen-bond acceptors (Lipinski definition) is 7. The minimum atomic E-state index is -1.26. The van der Waals surface area contributed by atoms with Gasteiger partial charge in [0.1, 0.15) is 17.3 Å². The third-order valence-corrected chi connectivity index (χ3v) is 12.9. The molecule has 8 rings (SSSR count). The average Bonchev–Trinajstić information content (AvgIpc) is 3.69. The number of amides is 4. The first-order chi connectivity index (χ1) is 22.3. The molecule has 4 aromatic rings. The number of fused-ring (bicyclic) bond motifs is 5. The first-order valence-corrected chi connectivity index (χ1v) is 17.0. The van der Waals surface area contributed by atoms with Crippen LogP contribution in [-0.4, -0.2) is 50.5 Å². The maximum atomic E-state index is 14.9. The lowest BCUT2D eigenvalue weighted by Gasteiger charge is -2.49. The Balaban J connectivity index is 1.26. The molecule has 0 spiro atoms. The number of anilines is 1. The van der Waals surface area contributed by atoms with Crippen LogP contribution in [0.1, 0.15) is 36.8 Å². The van der Waals surface area contributed by atoms with E-state index in [1.165, 1.54) is 29.0 Å². The first-order valence-electron chi connectivity index (χ1n) is 15.4. The van der Waals surface area contributed by atoms with E-state index in [9.17, 15) is 24.3 Å². The lowest BCUT2D eigenvalue weighted by atomic mass is 9.51. The van der Waals surface area contributed by atoms with E-state index in [0.717, 1.165) is 26.1 Å². The summed E-state index contributed by atoms with van der Waals surface area (Å²) < 4.78 is 2.61. The number of rotatable bonds is 3. The molecule has 47 heavy (non-hydrogen) atoms. The fourth-order valence-electron chi connectivity index (χ4n) is 8.70. The molecule has 1 N–H and O–H groups in total. The first kappa shape index (κ1) is 30.4. The molecule has 0 unspecified atom stereocenters. The van der Waals surface area contributed by atoms with E-state index in [-0.39, 0.29) is 40.8 Å². The van der Waals surface area contributed by atoms with Crippen LogP contribution in [0.5, 0.6) is 5.75 Å². The standard InChI is InChI=1S/C35H30Cl2N4O5S/c1-15-21-11-16(36)5-10-26(21)47-30(15)25-14-27(40(4)38-25)41-32(44)23-13-22-18(8-9-20-28(22)33(45)39(3)31(20)43)29(35(23,2)34(41)46)19-7-6-17(42)12-24(19)37/h5-8,10-12,14,20,22-23,28-29,42H,9,13H2,1-4H3/t20-,22+,23-,28-,29+,35+/m0/s1. The number of hydrogen-bond donors (Lipinski definition) is 1. The number of halogens is 2. The molecule has 240 valence electrons. The van der Waals surface area contributed by atoms with E-state index < -0.39 is 35.0 Å². The minimum Gasteiger partial charge on any atom is -0.508 e. The highest BCUT2D eigenvalue weighted by Crippen LogP contribution is 2.64. The predicted molar refractivity (Wildman–Crippen MR) is 179 cm³/mol. The zero-order chi connectivity index (χ0) is 33.3. The maximum Gasteiger partial charge on any atom is 0.242 e. The van der Waals surface area contributed by atoms with Crippen LogP contribution in [0.3, 0.4) is 0 Å². The second kappa shape index (κ2) is 10.3. The van der Waals surface area contributed by atoms with Gasteiger partial charge in [0.2, 0.25) is 23.6 Å². The lowest BCUT2D eigenvalue weighted by Crippen LogP contribution is -2.49. The molecule has 0 radical (unpaired) electrons. The Morgan fingerprint density at radius 2 is 1.74 bits per heavy atom. The molecule has 2 saturated heterocycles. The third-order valence-electron chi connectivity index (χ3n) is 11.0. The number of allylic oxidation sites excluding steroid dienone is 2. The highest BCUT2D eigenvalue weighted by molar-refractivity contribution is 7.22. The molecule has 2 aromatic carbocycles. The van der Waals surface area contributed by atoms with Gasteiger partial charge in [0, 0.05) is 40.8 Å². The van der Waals surface area contributed by atoms with Gasteiger partial charge in [0.15, 0.2) is 0 Å². The molecule has 9 nitrogen and oxygen atoms in total. The molecule has 4 aliphatic rings. The summed E-state index contributed by atoms with van der Waals surface area (Å²) >= 11 is 14.6. The smallest absolute Gasteiger partial charge is 0.242 e.